The molecule has 0 amide bonds. The van der Waals surface area contributed by atoms with Crippen molar-refractivity contribution < 1.29 is 30.0 Å². The third-order valence-electron chi connectivity index (χ3n) is 3.22. The average Bonchev–Trinajstić information content (AvgIpc) is 2.53. The Balaban J connectivity index is 2.63. The van der Waals surface area contributed by atoms with Crippen LogP contribution in [0.15, 0.2) is 40.4 Å². The Labute approximate surface area is 142 Å². The second-order valence-electron chi connectivity index (χ2n) is 5.12. The lowest BCUT2D eigenvalue weighted by Crippen LogP contribution is -2.14. The van der Waals surface area contributed by atoms with E-state index >= 15 is 0 Å². The average molecular weight is 394 g/mol. The van der Waals surface area contributed by atoms with Gasteiger partial charge in [-0.1, -0.05) is 19.1 Å². The van der Waals surface area contributed by atoms with Gasteiger partial charge in [-0.3, -0.25) is 0 Å². The van der Waals surface area contributed by atoms with Crippen molar-refractivity contribution in [1.29, 1.82) is 0 Å². The van der Waals surface area contributed by atoms with Crippen LogP contribution in [0.5, 0.6) is 0 Å². The summed E-state index contributed by atoms with van der Waals surface area (Å²) < 4.78 is 85.5. The highest BCUT2D eigenvalue weighted by Crippen LogP contribution is 2.31. The van der Waals surface area contributed by atoms with Crippen LogP contribution < -0.4 is 0 Å². The van der Waals surface area contributed by atoms with Crippen LogP contribution in [0.4, 0.5) is 13.2 Å². The largest absolute Gasteiger partial charge is 0.433 e. The molecule has 0 radical (unpaired) electrons. The summed E-state index contributed by atoms with van der Waals surface area (Å²) >= 11 is 0. The predicted molar refractivity (Wildman–Crippen MR) is 83.3 cm³/mol. The molecule has 0 aliphatic rings. The van der Waals surface area contributed by atoms with Crippen molar-refractivity contribution in [3.8, 4) is 11.3 Å². The van der Waals surface area contributed by atoms with Crippen molar-refractivity contribution in [2.24, 2.45) is 0 Å². The van der Waals surface area contributed by atoms with Gasteiger partial charge in [-0.25, -0.2) is 26.8 Å². The summed E-state index contributed by atoms with van der Waals surface area (Å²) in [6.45, 7) is 1.46. The van der Waals surface area contributed by atoms with Gasteiger partial charge in [0.15, 0.2) is 9.84 Å². The Morgan fingerprint density at radius 2 is 1.56 bits per heavy atom. The van der Waals surface area contributed by atoms with Gasteiger partial charge in [0.25, 0.3) is 0 Å². The van der Waals surface area contributed by atoms with E-state index in [2.05, 4.69) is 9.97 Å². The summed E-state index contributed by atoms with van der Waals surface area (Å²) in [6.07, 6.45) is -4.16. The smallest absolute Gasteiger partial charge is 0.224 e. The molecule has 0 saturated carbocycles. The van der Waals surface area contributed by atoms with Crippen LogP contribution in [-0.2, 0) is 25.9 Å². The Morgan fingerprint density at radius 3 is 2.00 bits per heavy atom. The molecule has 0 atom stereocenters. The van der Waals surface area contributed by atoms with Crippen molar-refractivity contribution >= 4 is 19.7 Å². The molecule has 0 bridgehead atoms. The van der Waals surface area contributed by atoms with Crippen LogP contribution in [0.25, 0.3) is 11.3 Å². The third-order valence-corrected chi connectivity index (χ3v) is 5.81. The van der Waals surface area contributed by atoms with Crippen LogP contribution >= 0.6 is 0 Å². The van der Waals surface area contributed by atoms with E-state index in [-0.39, 0.29) is 21.9 Å². The van der Waals surface area contributed by atoms with E-state index in [0.29, 0.717) is 12.3 Å². The molecule has 11 heteroatoms. The molecular formula is C14H13F3N2O4S2. The van der Waals surface area contributed by atoms with E-state index in [9.17, 15) is 30.0 Å². The molecule has 0 spiro atoms. The van der Waals surface area contributed by atoms with E-state index in [0.717, 1.165) is 0 Å². The monoisotopic (exact) mass is 394 g/mol. The molecular weight excluding hydrogens is 381 g/mol. The Kier molecular flexibility index (Phi) is 4.92. The van der Waals surface area contributed by atoms with Gasteiger partial charge in [0, 0.05) is 11.8 Å². The van der Waals surface area contributed by atoms with E-state index in [1.54, 1.807) is 0 Å². The lowest BCUT2D eigenvalue weighted by Gasteiger charge is -2.10. The molecule has 0 fully saturated rings. The fourth-order valence-electron chi connectivity index (χ4n) is 1.88. The molecule has 25 heavy (non-hydrogen) atoms. The Hall–Kier alpha value is -2.01. The topological polar surface area (TPSA) is 94.1 Å². The number of halogens is 3. The molecule has 2 aromatic rings. The highest BCUT2D eigenvalue weighted by molar-refractivity contribution is 7.91. The maximum atomic E-state index is 13.0. The summed E-state index contributed by atoms with van der Waals surface area (Å²) in [5, 5.41) is -0.956. The van der Waals surface area contributed by atoms with Crippen molar-refractivity contribution in [2.45, 2.75) is 23.2 Å². The van der Waals surface area contributed by atoms with Crippen LogP contribution in [0.2, 0.25) is 0 Å². The number of hydrogen-bond acceptors (Lipinski definition) is 6. The van der Waals surface area contributed by atoms with Gasteiger partial charge < -0.3 is 0 Å². The Bertz CT molecular complexity index is 999. The zero-order chi connectivity index (χ0) is 19.0. The van der Waals surface area contributed by atoms with Crippen molar-refractivity contribution in [1.82, 2.24) is 9.97 Å². The fourth-order valence-corrected chi connectivity index (χ4v) is 3.30. The minimum absolute atomic E-state index is 0.00666. The molecule has 6 nitrogen and oxygen atoms in total. The Morgan fingerprint density at radius 1 is 1.00 bits per heavy atom. The number of nitrogens with zero attached hydrogens (tertiary/aromatic N) is 2. The van der Waals surface area contributed by atoms with Gasteiger partial charge >= 0.3 is 6.18 Å². The molecule has 0 N–H and O–H groups in total. The predicted octanol–water partition coefficient (Wildman–Crippen LogP) is 2.36. The molecule has 0 aliphatic carbocycles. The number of sulfone groups is 2. The first-order chi connectivity index (χ1) is 11.3. The first-order valence-corrected chi connectivity index (χ1v) is 10.4. The van der Waals surface area contributed by atoms with Gasteiger partial charge in [-0.05, 0) is 18.2 Å². The molecule has 1 aromatic carbocycles. The maximum absolute atomic E-state index is 13.0. The first-order valence-electron chi connectivity index (χ1n) is 6.84. The summed E-state index contributed by atoms with van der Waals surface area (Å²) in [7, 11) is -7.54. The molecule has 2 rings (SSSR count). The quantitative estimate of drug-likeness (QED) is 0.739. The number of hydrogen-bond donors (Lipinski definition) is 0. The number of rotatable bonds is 4. The molecule has 0 unspecified atom stereocenters. The number of alkyl halides is 3. The lowest BCUT2D eigenvalue weighted by molar-refractivity contribution is -0.141. The second-order valence-corrected chi connectivity index (χ2v) is 9.31. The fraction of sp³-hybridized carbons (Fsp3) is 0.286. The molecule has 0 aliphatic heterocycles. The van der Waals surface area contributed by atoms with Gasteiger partial charge in [0.05, 0.1) is 16.3 Å². The molecule has 0 saturated heterocycles. The standard InChI is InChI=1S/C14H13F3N2O4S2/c1-3-25(22,23)10-6-4-9(5-7-10)11-8-12(14(15,16)17)19-13(18-11)24(2,20)21/h4-8H,3H2,1-2H3. The van der Waals surface area contributed by atoms with Gasteiger partial charge in [-0.15, -0.1) is 0 Å². The van der Waals surface area contributed by atoms with E-state index in [1.807, 2.05) is 0 Å². The second kappa shape index (κ2) is 6.37. The van der Waals surface area contributed by atoms with Crippen molar-refractivity contribution in [2.75, 3.05) is 12.0 Å². The van der Waals surface area contributed by atoms with Crippen molar-refractivity contribution in [3.63, 3.8) is 0 Å². The van der Waals surface area contributed by atoms with E-state index < -0.39 is 36.7 Å². The minimum atomic E-state index is -4.86. The molecule has 136 valence electrons. The SMILES string of the molecule is CCS(=O)(=O)c1ccc(-c2cc(C(F)(F)F)nc(S(C)(=O)=O)n2)cc1. The maximum Gasteiger partial charge on any atom is 0.433 e. The molecule has 1 aromatic heterocycles. The summed E-state index contributed by atoms with van der Waals surface area (Å²) in [4.78, 5) is 6.71. The van der Waals surface area contributed by atoms with E-state index in [1.165, 1.54) is 31.2 Å². The zero-order valence-corrected chi connectivity index (χ0v) is 14.7. The van der Waals surface area contributed by atoms with Gasteiger partial charge in [0.2, 0.25) is 15.0 Å². The highest BCUT2D eigenvalue weighted by atomic mass is 32.2. The van der Waals surface area contributed by atoms with Gasteiger partial charge in [0.1, 0.15) is 5.69 Å². The lowest BCUT2D eigenvalue weighted by atomic mass is 10.1. The summed E-state index contributed by atoms with van der Waals surface area (Å²) in [6, 6.07) is 5.58. The number of aromatic nitrogens is 2. The van der Waals surface area contributed by atoms with Crippen LogP contribution in [-0.4, -0.2) is 38.8 Å². The van der Waals surface area contributed by atoms with Crippen LogP contribution in [0.3, 0.4) is 0 Å². The first kappa shape index (κ1) is 19.3. The van der Waals surface area contributed by atoms with Crippen LogP contribution in [0, 0.1) is 0 Å². The zero-order valence-electron chi connectivity index (χ0n) is 13.1. The summed E-state index contributed by atoms with van der Waals surface area (Å²) in [5.41, 5.74) is -1.54. The van der Waals surface area contributed by atoms with Crippen LogP contribution in [0.1, 0.15) is 12.6 Å². The minimum Gasteiger partial charge on any atom is -0.224 e. The van der Waals surface area contributed by atoms with Gasteiger partial charge in [-0.2, -0.15) is 13.2 Å². The highest BCUT2D eigenvalue weighted by Gasteiger charge is 2.34. The normalized spacial score (nSPS) is 13.0. The van der Waals surface area contributed by atoms with E-state index in [4.69, 9.17) is 0 Å². The number of benzene rings is 1. The summed E-state index contributed by atoms with van der Waals surface area (Å²) in [5.74, 6) is -0.129. The van der Waals surface area contributed by atoms with Crippen molar-refractivity contribution in [3.05, 3.63) is 36.0 Å². The molecule has 1 heterocycles. The third kappa shape index (κ3) is 4.34.